The molecule has 48 heavy (non-hydrogen) atoms. The van der Waals surface area contributed by atoms with Crippen molar-refractivity contribution in [2.75, 3.05) is 32.7 Å². The van der Waals surface area contributed by atoms with Crippen LogP contribution in [0.3, 0.4) is 0 Å². The maximum atomic E-state index is 4.46. The molecule has 2 saturated heterocycles. The molecule has 4 aromatic carbocycles. The maximum Gasteiger partial charge on any atom is 0.0646 e. The summed E-state index contributed by atoms with van der Waals surface area (Å²) in [5.74, 6) is 1.29. The van der Waals surface area contributed by atoms with Crippen LogP contribution in [0.15, 0.2) is 107 Å². The fourth-order valence-electron chi connectivity index (χ4n) is 8.75. The third-order valence-electron chi connectivity index (χ3n) is 11.2. The molecule has 0 amide bonds. The van der Waals surface area contributed by atoms with E-state index in [0.717, 1.165) is 39.1 Å². The summed E-state index contributed by atoms with van der Waals surface area (Å²) in [5.41, 5.74) is 15.7. The van der Waals surface area contributed by atoms with Gasteiger partial charge >= 0.3 is 0 Å². The van der Waals surface area contributed by atoms with Gasteiger partial charge < -0.3 is 4.98 Å². The Balaban J connectivity index is 0.000000131. The van der Waals surface area contributed by atoms with Gasteiger partial charge in [0, 0.05) is 66.8 Å². The van der Waals surface area contributed by atoms with Crippen LogP contribution < -0.4 is 0 Å². The summed E-state index contributed by atoms with van der Waals surface area (Å²) < 4.78 is 0. The molecular weight excluding hydrogens is 587 g/mol. The number of H-pyrrole nitrogens is 1. The van der Waals surface area contributed by atoms with Crippen molar-refractivity contribution in [3.05, 3.63) is 147 Å². The summed E-state index contributed by atoms with van der Waals surface area (Å²) in [5, 5.41) is 1.36. The first-order valence-corrected chi connectivity index (χ1v) is 17.8. The number of hydrogen-bond donors (Lipinski definition) is 1. The molecule has 5 heterocycles. The van der Waals surface area contributed by atoms with E-state index in [0.29, 0.717) is 11.8 Å². The number of likely N-dealkylation sites (tertiary alicyclic amines) is 2. The van der Waals surface area contributed by atoms with Crippen molar-refractivity contribution in [2.24, 2.45) is 9.98 Å². The quantitative estimate of drug-likeness (QED) is 0.206. The molecule has 5 nitrogen and oxygen atoms in total. The lowest BCUT2D eigenvalue weighted by molar-refractivity contribution is 0.328. The standard InChI is InChI=1S/C22H22N2.C21H21N3/c1-2-6-20-16(4-1)8-9-18(20)14-24-11-10-19(15-24)21-7-3-5-17-12-23-13-22(17)21;1-2-7-21-19(5-1)17(11-23-21)14-24-9-8-16(13-24)18-6-3-4-15-10-22-12-20(15)18/h1-7,9,13,19H,8,10-12,14-15H2;1-7,11-12,16,23H,8-10,13-14H2. The molecular formula is C43H43N5. The van der Waals surface area contributed by atoms with Crippen LogP contribution in [-0.2, 0) is 26.1 Å². The van der Waals surface area contributed by atoms with Gasteiger partial charge in [-0.05, 0) is 94.8 Å². The number of hydrogen-bond acceptors (Lipinski definition) is 4. The molecule has 2 unspecified atom stereocenters. The van der Waals surface area contributed by atoms with E-state index in [2.05, 4.69) is 134 Å². The Hall–Kier alpha value is -4.58. The van der Waals surface area contributed by atoms with Gasteiger partial charge in [0.25, 0.3) is 0 Å². The van der Waals surface area contributed by atoms with Crippen LogP contribution in [0.1, 0.15) is 74.7 Å². The average molecular weight is 630 g/mol. The Morgan fingerprint density at radius 1 is 0.646 bits per heavy atom. The number of para-hydroxylation sites is 1. The molecule has 5 heteroatoms. The van der Waals surface area contributed by atoms with Crippen molar-refractivity contribution in [1.29, 1.82) is 0 Å². The van der Waals surface area contributed by atoms with Crippen LogP contribution in [0, 0.1) is 0 Å². The van der Waals surface area contributed by atoms with Gasteiger partial charge in [-0.2, -0.15) is 0 Å². The van der Waals surface area contributed by atoms with E-state index < -0.39 is 0 Å². The number of rotatable bonds is 6. The van der Waals surface area contributed by atoms with Gasteiger partial charge in [0.05, 0.1) is 13.1 Å². The first-order valence-electron chi connectivity index (χ1n) is 17.8. The van der Waals surface area contributed by atoms with Gasteiger partial charge in [0.15, 0.2) is 0 Å². The summed E-state index contributed by atoms with van der Waals surface area (Å²) in [6.07, 6.45) is 12.4. The Labute approximate surface area is 283 Å². The van der Waals surface area contributed by atoms with Crippen LogP contribution in [0.4, 0.5) is 0 Å². The second-order valence-corrected chi connectivity index (χ2v) is 14.2. The van der Waals surface area contributed by atoms with Crippen molar-refractivity contribution in [1.82, 2.24) is 14.8 Å². The number of fused-ring (bicyclic) bond motifs is 4. The molecule has 0 radical (unpaired) electrons. The van der Waals surface area contributed by atoms with Crippen LogP contribution in [0.5, 0.6) is 0 Å². The molecule has 0 saturated carbocycles. The Morgan fingerprint density at radius 2 is 1.27 bits per heavy atom. The van der Waals surface area contributed by atoms with Crippen LogP contribution >= 0.6 is 0 Å². The number of aromatic nitrogens is 1. The zero-order chi connectivity index (χ0) is 31.9. The molecule has 2 fully saturated rings. The average Bonchev–Trinajstić information content (AvgIpc) is 3.98. The highest BCUT2D eigenvalue weighted by molar-refractivity contribution is 5.87. The van der Waals surface area contributed by atoms with Crippen LogP contribution in [0.2, 0.25) is 0 Å². The first kappa shape index (κ1) is 29.6. The second-order valence-electron chi connectivity index (χ2n) is 14.2. The molecule has 1 aliphatic carbocycles. The fourth-order valence-corrected chi connectivity index (χ4v) is 8.75. The van der Waals surface area contributed by atoms with Crippen LogP contribution in [0.25, 0.3) is 16.5 Å². The molecule has 0 spiro atoms. The first-order chi connectivity index (χ1) is 23.8. The number of nitrogens with zero attached hydrogens (tertiary/aromatic N) is 4. The van der Waals surface area contributed by atoms with Crippen LogP contribution in [-0.4, -0.2) is 59.9 Å². The number of aromatic amines is 1. The van der Waals surface area contributed by atoms with Crippen molar-refractivity contribution >= 4 is 28.9 Å². The van der Waals surface area contributed by atoms with E-state index in [4.69, 9.17) is 0 Å². The zero-order valence-electron chi connectivity index (χ0n) is 27.6. The summed E-state index contributed by atoms with van der Waals surface area (Å²) >= 11 is 0. The van der Waals surface area contributed by atoms with Crippen molar-refractivity contribution < 1.29 is 0 Å². The fraction of sp³-hybridized carbons (Fsp3) is 0.302. The SMILES string of the molecule is C1=NCc2cccc(C3CCN(CC4=CCc5ccccc54)C3)c21.C1=NCc2cccc(C3CCN(Cc4c[nH]c5ccccc45)C3)c21. The van der Waals surface area contributed by atoms with E-state index in [9.17, 15) is 0 Å². The minimum Gasteiger partial charge on any atom is -0.361 e. The Bertz CT molecular complexity index is 2060. The number of nitrogens with one attached hydrogen (secondary N) is 1. The van der Waals surface area contributed by atoms with E-state index in [1.807, 2.05) is 0 Å². The van der Waals surface area contributed by atoms with E-state index >= 15 is 0 Å². The molecule has 2 atom stereocenters. The number of aliphatic imine (C=N–C) groups is 2. The smallest absolute Gasteiger partial charge is 0.0646 e. The normalized spacial score (nSPS) is 21.0. The number of allylic oxidation sites excluding steroid dienone is 1. The maximum absolute atomic E-state index is 4.46. The predicted octanol–water partition coefficient (Wildman–Crippen LogP) is 8.14. The van der Waals surface area contributed by atoms with Gasteiger partial charge in [0.1, 0.15) is 0 Å². The largest absolute Gasteiger partial charge is 0.361 e. The molecule has 1 aromatic heterocycles. The lowest BCUT2D eigenvalue weighted by Gasteiger charge is -2.18. The molecule has 5 aliphatic rings. The Morgan fingerprint density at radius 3 is 2.00 bits per heavy atom. The highest BCUT2D eigenvalue weighted by atomic mass is 15.1. The minimum absolute atomic E-state index is 0.634. The van der Waals surface area contributed by atoms with E-state index in [-0.39, 0.29) is 0 Å². The summed E-state index contributed by atoms with van der Waals surface area (Å²) in [6.45, 7) is 8.53. The highest BCUT2D eigenvalue weighted by Crippen LogP contribution is 2.36. The summed E-state index contributed by atoms with van der Waals surface area (Å²) in [6, 6.07) is 30.9. The van der Waals surface area contributed by atoms with Gasteiger partial charge in [-0.15, -0.1) is 0 Å². The topological polar surface area (TPSA) is 47.0 Å². The van der Waals surface area contributed by atoms with E-state index in [1.165, 1.54) is 99.0 Å². The monoisotopic (exact) mass is 629 g/mol. The van der Waals surface area contributed by atoms with Crippen molar-refractivity contribution in [3.8, 4) is 0 Å². The molecule has 0 bridgehead atoms. The molecule has 1 N–H and O–H groups in total. The summed E-state index contributed by atoms with van der Waals surface area (Å²) in [4.78, 5) is 17.5. The highest BCUT2D eigenvalue weighted by Gasteiger charge is 2.29. The third-order valence-corrected chi connectivity index (χ3v) is 11.2. The van der Waals surface area contributed by atoms with Gasteiger partial charge in [0.2, 0.25) is 0 Å². The lowest BCUT2D eigenvalue weighted by atomic mass is 9.92. The number of benzene rings is 4. The predicted molar refractivity (Wildman–Crippen MR) is 198 cm³/mol. The summed E-state index contributed by atoms with van der Waals surface area (Å²) in [7, 11) is 0. The zero-order valence-corrected chi connectivity index (χ0v) is 27.6. The third kappa shape index (κ3) is 5.65. The minimum atomic E-state index is 0.634. The van der Waals surface area contributed by atoms with Gasteiger partial charge in [-0.25, -0.2) is 0 Å². The van der Waals surface area contributed by atoms with Crippen molar-refractivity contribution in [2.45, 2.75) is 50.7 Å². The molecule has 10 rings (SSSR count). The van der Waals surface area contributed by atoms with E-state index in [1.54, 1.807) is 0 Å². The Kier molecular flexibility index (Phi) is 7.88. The molecule has 4 aliphatic heterocycles. The second kappa shape index (κ2) is 12.8. The van der Waals surface area contributed by atoms with Crippen molar-refractivity contribution in [3.63, 3.8) is 0 Å². The molecule has 240 valence electrons. The lowest BCUT2D eigenvalue weighted by Crippen LogP contribution is -2.22. The molecule has 5 aromatic rings. The van der Waals surface area contributed by atoms with Gasteiger partial charge in [-0.1, -0.05) is 84.9 Å². The van der Waals surface area contributed by atoms with Gasteiger partial charge in [-0.3, -0.25) is 19.8 Å².